The van der Waals surface area contributed by atoms with E-state index in [1.165, 1.54) is 18.2 Å². The lowest BCUT2D eigenvalue weighted by atomic mass is 10.1. The largest absolute Gasteiger partial charge is 0.376 e. The average molecular weight is 357 g/mol. The Hall–Kier alpha value is -1.47. The molecule has 0 saturated carbocycles. The number of nitro benzene ring substituents is 1. The van der Waals surface area contributed by atoms with Crippen molar-refractivity contribution in [1.82, 2.24) is 4.90 Å². The number of ether oxygens (including phenoxy) is 1. The van der Waals surface area contributed by atoms with Gasteiger partial charge in [0, 0.05) is 36.8 Å². The molecule has 0 spiro atoms. The summed E-state index contributed by atoms with van der Waals surface area (Å²) in [5.74, 6) is -0.250. The van der Waals surface area contributed by atoms with Crippen LogP contribution in [0, 0.1) is 10.1 Å². The van der Waals surface area contributed by atoms with Gasteiger partial charge in [0.05, 0.1) is 16.6 Å². The van der Waals surface area contributed by atoms with E-state index in [0.29, 0.717) is 16.6 Å². The summed E-state index contributed by atoms with van der Waals surface area (Å²) in [6, 6.07) is 4.19. The van der Waals surface area contributed by atoms with Crippen molar-refractivity contribution in [3.05, 3.63) is 38.3 Å². The number of non-ortho nitro benzene ring substituents is 1. The Labute approximate surface area is 131 Å². The molecule has 1 unspecified atom stereocenters. The molecule has 1 atom stereocenters. The summed E-state index contributed by atoms with van der Waals surface area (Å²) in [4.78, 5) is 24.3. The van der Waals surface area contributed by atoms with Crippen molar-refractivity contribution in [3.63, 3.8) is 0 Å². The van der Waals surface area contributed by atoms with Gasteiger partial charge in [0.1, 0.15) is 0 Å². The minimum absolute atomic E-state index is 0.0465. The second-order valence-electron chi connectivity index (χ2n) is 5.10. The van der Waals surface area contributed by atoms with Crippen molar-refractivity contribution >= 4 is 27.5 Å². The first-order valence-electron chi connectivity index (χ1n) is 6.80. The zero-order valence-corrected chi connectivity index (χ0v) is 13.3. The molecule has 1 saturated heterocycles. The maximum atomic E-state index is 12.4. The summed E-state index contributed by atoms with van der Waals surface area (Å²) < 4.78 is 6.16. The van der Waals surface area contributed by atoms with E-state index in [-0.39, 0.29) is 17.7 Å². The van der Waals surface area contributed by atoms with Crippen LogP contribution in [-0.4, -0.2) is 42.0 Å². The molecule has 7 heteroatoms. The molecule has 1 aromatic rings. The summed E-state index contributed by atoms with van der Waals surface area (Å²) in [5.41, 5.74) is 0.200. The van der Waals surface area contributed by atoms with E-state index < -0.39 is 4.92 Å². The van der Waals surface area contributed by atoms with Gasteiger partial charge >= 0.3 is 0 Å². The number of amides is 1. The quantitative estimate of drug-likeness (QED) is 0.613. The van der Waals surface area contributed by atoms with E-state index >= 15 is 0 Å². The maximum Gasteiger partial charge on any atom is 0.270 e. The van der Waals surface area contributed by atoms with Crippen LogP contribution in [0.25, 0.3) is 0 Å². The Balaban J connectivity index is 2.10. The maximum absolute atomic E-state index is 12.4. The molecular formula is C14H17BrN2O4. The topological polar surface area (TPSA) is 72.7 Å². The number of hydrogen-bond donors (Lipinski definition) is 0. The van der Waals surface area contributed by atoms with Crippen LogP contribution >= 0.6 is 15.9 Å². The summed E-state index contributed by atoms with van der Waals surface area (Å²) in [6.45, 7) is 1.22. The fourth-order valence-electron chi connectivity index (χ4n) is 2.34. The smallest absolute Gasteiger partial charge is 0.270 e. The van der Waals surface area contributed by atoms with Crippen LogP contribution in [0.4, 0.5) is 5.69 Å². The number of rotatable bonds is 4. The molecule has 1 aliphatic heterocycles. The zero-order valence-electron chi connectivity index (χ0n) is 11.8. The highest BCUT2D eigenvalue weighted by atomic mass is 79.9. The van der Waals surface area contributed by atoms with Crippen LogP contribution in [-0.2, 0) is 4.74 Å². The normalized spacial score (nSPS) is 18.3. The lowest BCUT2D eigenvalue weighted by Gasteiger charge is -2.27. The number of nitrogens with zero attached hydrogens (tertiary/aromatic N) is 2. The van der Waals surface area contributed by atoms with Crippen LogP contribution in [0.5, 0.6) is 0 Å². The van der Waals surface area contributed by atoms with Gasteiger partial charge in [0.25, 0.3) is 11.6 Å². The predicted molar refractivity (Wildman–Crippen MR) is 81.3 cm³/mol. The molecule has 1 fully saturated rings. The molecule has 1 heterocycles. The van der Waals surface area contributed by atoms with Crippen molar-refractivity contribution in [2.45, 2.75) is 25.4 Å². The minimum atomic E-state index is -0.506. The van der Waals surface area contributed by atoms with Gasteiger partial charge in [-0.3, -0.25) is 14.9 Å². The molecule has 1 aromatic carbocycles. The molecule has 6 nitrogen and oxygen atoms in total. The Bertz CT molecular complexity index is 544. The Morgan fingerprint density at radius 2 is 2.29 bits per heavy atom. The Kier molecular flexibility index (Phi) is 5.30. The van der Waals surface area contributed by atoms with Crippen LogP contribution in [0.1, 0.15) is 29.6 Å². The van der Waals surface area contributed by atoms with Gasteiger partial charge in [0.15, 0.2) is 0 Å². The first kappa shape index (κ1) is 15.9. The minimum Gasteiger partial charge on any atom is -0.376 e. The van der Waals surface area contributed by atoms with Gasteiger partial charge < -0.3 is 9.64 Å². The molecule has 0 aromatic heterocycles. The standard InChI is InChI=1S/C14H17BrN2O4/c1-16(9-11-4-2-3-7-21-11)14(18)12-8-10(17(19)20)5-6-13(12)15/h5-6,8,11H,2-4,7,9H2,1H3. The van der Waals surface area contributed by atoms with Gasteiger partial charge in [-0.25, -0.2) is 0 Å². The number of hydrogen-bond acceptors (Lipinski definition) is 4. The monoisotopic (exact) mass is 356 g/mol. The highest BCUT2D eigenvalue weighted by Gasteiger charge is 2.22. The Morgan fingerprint density at radius 3 is 2.90 bits per heavy atom. The van der Waals surface area contributed by atoms with E-state index in [4.69, 9.17) is 4.74 Å². The SMILES string of the molecule is CN(CC1CCCCO1)C(=O)c1cc([N+](=O)[O-])ccc1Br. The highest BCUT2D eigenvalue weighted by Crippen LogP contribution is 2.24. The summed E-state index contributed by atoms with van der Waals surface area (Å²) in [7, 11) is 1.69. The van der Waals surface area contributed by atoms with E-state index in [1.54, 1.807) is 11.9 Å². The number of halogens is 1. The van der Waals surface area contributed by atoms with Gasteiger partial charge in [-0.05, 0) is 41.3 Å². The molecule has 1 aliphatic rings. The van der Waals surface area contributed by atoms with Crippen molar-refractivity contribution in [2.24, 2.45) is 0 Å². The van der Waals surface area contributed by atoms with Crippen LogP contribution < -0.4 is 0 Å². The van der Waals surface area contributed by atoms with Gasteiger partial charge in [-0.1, -0.05) is 0 Å². The first-order valence-corrected chi connectivity index (χ1v) is 7.59. The van der Waals surface area contributed by atoms with Crippen LogP contribution in [0.3, 0.4) is 0 Å². The molecule has 2 rings (SSSR count). The second kappa shape index (κ2) is 7.00. The van der Waals surface area contributed by atoms with Crippen LogP contribution in [0.2, 0.25) is 0 Å². The summed E-state index contributed by atoms with van der Waals surface area (Å²) >= 11 is 3.27. The fraction of sp³-hybridized carbons (Fsp3) is 0.500. The van der Waals surface area contributed by atoms with E-state index in [2.05, 4.69) is 15.9 Å². The van der Waals surface area contributed by atoms with Crippen molar-refractivity contribution in [2.75, 3.05) is 20.2 Å². The average Bonchev–Trinajstić information content (AvgIpc) is 2.47. The molecule has 1 amide bonds. The third kappa shape index (κ3) is 4.01. The third-order valence-electron chi connectivity index (χ3n) is 3.49. The number of carbonyl (C=O) groups excluding carboxylic acids is 1. The van der Waals surface area contributed by atoms with Gasteiger partial charge in [-0.15, -0.1) is 0 Å². The zero-order chi connectivity index (χ0) is 15.4. The van der Waals surface area contributed by atoms with E-state index in [0.717, 1.165) is 25.9 Å². The number of benzene rings is 1. The molecule has 0 bridgehead atoms. The molecule has 0 N–H and O–H groups in total. The van der Waals surface area contributed by atoms with Gasteiger partial charge in [-0.2, -0.15) is 0 Å². The molecule has 21 heavy (non-hydrogen) atoms. The number of carbonyl (C=O) groups is 1. The Morgan fingerprint density at radius 1 is 1.52 bits per heavy atom. The lowest BCUT2D eigenvalue weighted by molar-refractivity contribution is -0.384. The van der Waals surface area contributed by atoms with Crippen LogP contribution in [0.15, 0.2) is 22.7 Å². The molecular weight excluding hydrogens is 340 g/mol. The van der Waals surface area contributed by atoms with Crippen molar-refractivity contribution in [3.8, 4) is 0 Å². The second-order valence-corrected chi connectivity index (χ2v) is 5.95. The van der Waals surface area contributed by atoms with Crippen molar-refractivity contribution in [1.29, 1.82) is 0 Å². The first-order chi connectivity index (χ1) is 9.99. The third-order valence-corrected chi connectivity index (χ3v) is 4.18. The molecule has 0 aliphatic carbocycles. The molecule has 114 valence electrons. The fourth-order valence-corrected chi connectivity index (χ4v) is 2.75. The van der Waals surface area contributed by atoms with E-state index in [9.17, 15) is 14.9 Å². The van der Waals surface area contributed by atoms with Gasteiger partial charge in [0.2, 0.25) is 0 Å². The predicted octanol–water partition coefficient (Wildman–Crippen LogP) is 3.00. The summed E-state index contributed by atoms with van der Waals surface area (Å²) in [6.07, 6.45) is 3.15. The number of likely N-dealkylation sites (N-methyl/N-ethyl adjacent to an activating group) is 1. The van der Waals surface area contributed by atoms with E-state index in [1.807, 2.05) is 0 Å². The lowest BCUT2D eigenvalue weighted by Crippen LogP contribution is -2.37. The summed E-state index contributed by atoms with van der Waals surface area (Å²) in [5, 5.41) is 10.8. The number of nitro groups is 1. The molecule has 0 radical (unpaired) electrons. The highest BCUT2D eigenvalue weighted by molar-refractivity contribution is 9.10. The van der Waals surface area contributed by atoms with Crippen molar-refractivity contribution < 1.29 is 14.5 Å².